The van der Waals surface area contributed by atoms with Gasteiger partial charge in [-0.25, -0.2) is 8.42 Å². The van der Waals surface area contributed by atoms with Crippen molar-refractivity contribution in [3.05, 3.63) is 0 Å². The number of hydrogen-bond donors (Lipinski definition) is 1. The highest BCUT2D eigenvalue weighted by atomic mass is 32.2. The van der Waals surface area contributed by atoms with Crippen LogP contribution in [0.5, 0.6) is 0 Å². The average molecular weight is 265 g/mol. The minimum atomic E-state index is -3.47. The molecular formula is C10H19NO5S. The topological polar surface area (TPSA) is 83.9 Å². The number of nitrogens with zero attached hydrogens (tertiary/aromatic N) is 1. The lowest BCUT2D eigenvalue weighted by atomic mass is 9.97. The summed E-state index contributed by atoms with van der Waals surface area (Å²) in [6.45, 7) is 2.79. The van der Waals surface area contributed by atoms with Crippen LogP contribution in [0.25, 0.3) is 0 Å². The zero-order valence-electron chi connectivity index (χ0n) is 10.1. The molecule has 0 aromatic rings. The SMILES string of the molecule is COC1CN(S(=O)(=O)CCC(=O)O)CCC1C. The van der Waals surface area contributed by atoms with Crippen LogP contribution in [-0.4, -0.2) is 55.9 Å². The third-order valence-corrected chi connectivity index (χ3v) is 4.96. The van der Waals surface area contributed by atoms with Crippen LogP contribution in [0.2, 0.25) is 0 Å². The molecule has 0 aromatic heterocycles. The Labute approximate surface area is 102 Å². The zero-order valence-corrected chi connectivity index (χ0v) is 10.9. The van der Waals surface area contributed by atoms with Gasteiger partial charge in [0.15, 0.2) is 0 Å². The first-order chi connectivity index (χ1) is 7.86. The third-order valence-electron chi connectivity index (χ3n) is 3.12. The molecule has 0 aliphatic carbocycles. The number of carbonyl (C=O) groups is 1. The van der Waals surface area contributed by atoms with Crippen molar-refractivity contribution in [2.75, 3.05) is 26.0 Å². The van der Waals surface area contributed by atoms with Gasteiger partial charge in [0.2, 0.25) is 10.0 Å². The summed E-state index contributed by atoms with van der Waals surface area (Å²) in [7, 11) is -1.91. The standard InChI is InChI=1S/C10H19NO5S/c1-8-3-5-11(7-9(8)16-2)17(14,15)6-4-10(12)13/h8-9H,3-7H2,1-2H3,(H,12,13). The van der Waals surface area contributed by atoms with Gasteiger partial charge in [0, 0.05) is 20.2 Å². The summed E-state index contributed by atoms with van der Waals surface area (Å²) in [5.41, 5.74) is 0. The maximum Gasteiger partial charge on any atom is 0.304 e. The van der Waals surface area contributed by atoms with E-state index in [9.17, 15) is 13.2 Å². The number of hydrogen-bond acceptors (Lipinski definition) is 4. The smallest absolute Gasteiger partial charge is 0.304 e. The van der Waals surface area contributed by atoms with Crippen molar-refractivity contribution in [1.82, 2.24) is 4.31 Å². The van der Waals surface area contributed by atoms with E-state index in [1.54, 1.807) is 7.11 Å². The van der Waals surface area contributed by atoms with Gasteiger partial charge >= 0.3 is 5.97 Å². The molecule has 0 aromatic carbocycles. The number of aliphatic carboxylic acids is 1. The Morgan fingerprint density at radius 2 is 2.18 bits per heavy atom. The summed E-state index contributed by atoms with van der Waals surface area (Å²) in [5, 5.41) is 8.51. The molecule has 1 saturated heterocycles. The lowest BCUT2D eigenvalue weighted by Gasteiger charge is -2.35. The number of sulfonamides is 1. The summed E-state index contributed by atoms with van der Waals surface area (Å²) in [4.78, 5) is 10.4. The Kier molecular flexibility index (Phi) is 4.91. The Hall–Kier alpha value is -0.660. The maximum atomic E-state index is 11.9. The summed E-state index contributed by atoms with van der Waals surface area (Å²) in [6, 6.07) is 0. The highest BCUT2D eigenvalue weighted by Crippen LogP contribution is 2.22. The summed E-state index contributed by atoms with van der Waals surface area (Å²) < 4.78 is 30.3. The number of piperidine rings is 1. The Morgan fingerprint density at radius 3 is 2.71 bits per heavy atom. The molecule has 0 bridgehead atoms. The number of carboxylic acids is 1. The monoisotopic (exact) mass is 265 g/mol. The van der Waals surface area contributed by atoms with Crippen LogP contribution in [-0.2, 0) is 19.6 Å². The predicted molar refractivity (Wildman–Crippen MR) is 62.2 cm³/mol. The third kappa shape index (κ3) is 3.93. The fourth-order valence-corrected chi connectivity index (χ4v) is 3.36. The lowest BCUT2D eigenvalue weighted by Crippen LogP contribution is -2.47. The zero-order chi connectivity index (χ0) is 13.1. The van der Waals surface area contributed by atoms with Crippen LogP contribution in [0, 0.1) is 5.92 Å². The van der Waals surface area contributed by atoms with Gasteiger partial charge in [-0.05, 0) is 12.3 Å². The number of rotatable bonds is 5. The molecule has 1 aliphatic rings. The van der Waals surface area contributed by atoms with E-state index in [1.807, 2.05) is 6.92 Å². The number of ether oxygens (including phenoxy) is 1. The molecule has 0 radical (unpaired) electrons. The lowest BCUT2D eigenvalue weighted by molar-refractivity contribution is -0.136. The molecule has 1 N–H and O–H groups in total. The van der Waals surface area contributed by atoms with Gasteiger partial charge in [-0.3, -0.25) is 4.79 Å². The van der Waals surface area contributed by atoms with E-state index in [0.717, 1.165) is 6.42 Å². The van der Waals surface area contributed by atoms with Gasteiger partial charge in [0.25, 0.3) is 0 Å². The van der Waals surface area contributed by atoms with Crippen molar-refractivity contribution < 1.29 is 23.1 Å². The quantitative estimate of drug-likeness (QED) is 0.765. The van der Waals surface area contributed by atoms with Crippen molar-refractivity contribution in [3.8, 4) is 0 Å². The molecule has 0 spiro atoms. The first-order valence-corrected chi connectivity index (χ1v) is 7.20. The Bertz CT molecular complexity index is 367. The van der Waals surface area contributed by atoms with Crippen LogP contribution in [0.1, 0.15) is 19.8 Å². The van der Waals surface area contributed by atoms with E-state index >= 15 is 0 Å². The van der Waals surface area contributed by atoms with Crippen LogP contribution in [0.15, 0.2) is 0 Å². The van der Waals surface area contributed by atoms with Crippen LogP contribution >= 0.6 is 0 Å². The van der Waals surface area contributed by atoms with Gasteiger partial charge in [0.05, 0.1) is 18.3 Å². The minimum absolute atomic E-state index is 0.108. The highest BCUT2D eigenvalue weighted by Gasteiger charge is 2.32. The highest BCUT2D eigenvalue weighted by molar-refractivity contribution is 7.89. The van der Waals surface area contributed by atoms with Crippen LogP contribution in [0.4, 0.5) is 0 Å². The van der Waals surface area contributed by atoms with Crippen molar-refractivity contribution in [2.45, 2.75) is 25.9 Å². The van der Waals surface area contributed by atoms with Gasteiger partial charge in [0.1, 0.15) is 0 Å². The van der Waals surface area contributed by atoms with Gasteiger partial charge < -0.3 is 9.84 Å². The van der Waals surface area contributed by atoms with Crippen molar-refractivity contribution >= 4 is 16.0 Å². The van der Waals surface area contributed by atoms with E-state index in [1.165, 1.54) is 4.31 Å². The van der Waals surface area contributed by atoms with E-state index in [4.69, 9.17) is 9.84 Å². The number of methoxy groups -OCH3 is 1. The second-order valence-electron chi connectivity index (χ2n) is 4.36. The maximum absolute atomic E-state index is 11.9. The first kappa shape index (κ1) is 14.4. The van der Waals surface area contributed by atoms with E-state index in [2.05, 4.69) is 0 Å². The van der Waals surface area contributed by atoms with Gasteiger partial charge in [-0.1, -0.05) is 6.92 Å². The summed E-state index contributed by atoms with van der Waals surface area (Å²) in [6.07, 6.45) is 0.278. The molecule has 2 atom stereocenters. The molecule has 2 unspecified atom stereocenters. The largest absolute Gasteiger partial charge is 0.481 e. The molecule has 0 amide bonds. The van der Waals surface area contributed by atoms with E-state index < -0.39 is 16.0 Å². The minimum Gasteiger partial charge on any atom is -0.481 e. The fraction of sp³-hybridized carbons (Fsp3) is 0.900. The first-order valence-electron chi connectivity index (χ1n) is 5.59. The van der Waals surface area contributed by atoms with E-state index in [-0.39, 0.29) is 18.3 Å². The molecule has 1 aliphatic heterocycles. The van der Waals surface area contributed by atoms with Gasteiger partial charge in [-0.15, -0.1) is 0 Å². The average Bonchev–Trinajstić information content (AvgIpc) is 2.27. The van der Waals surface area contributed by atoms with E-state index in [0.29, 0.717) is 19.0 Å². The molecular weight excluding hydrogens is 246 g/mol. The second kappa shape index (κ2) is 5.79. The molecule has 1 fully saturated rings. The Morgan fingerprint density at radius 1 is 1.53 bits per heavy atom. The summed E-state index contributed by atoms with van der Waals surface area (Å²) in [5.74, 6) is -1.11. The fourth-order valence-electron chi connectivity index (χ4n) is 1.91. The molecule has 17 heavy (non-hydrogen) atoms. The number of carboxylic acid groups (broad SMARTS) is 1. The van der Waals surface area contributed by atoms with Crippen molar-refractivity contribution in [1.29, 1.82) is 0 Å². The molecule has 1 rings (SSSR count). The van der Waals surface area contributed by atoms with Crippen molar-refractivity contribution in [2.24, 2.45) is 5.92 Å². The molecule has 6 nitrogen and oxygen atoms in total. The molecule has 0 saturated carbocycles. The molecule has 100 valence electrons. The van der Waals surface area contributed by atoms with Crippen LogP contribution < -0.4 is 0 Å². The molecule has 7 heteroatoms. The normalized spacial score (nSPS) is 26.9. The molecule has 1 heterocycles. The summed E-state index contributed by atoms with van der Waals surface area (Å²) >= 11 is 0. The Balaban J connectivity index is 2.63. The predicted octanol–water partition coefficient (Wildman–Crippen LogP) is 0.148. The van der Waals surface area contributed by atoms with Crippen LogP contribution in [0.3, 0.4) is 0 Å². The van der Waals surface area contributed by atoms with Gasteiger partial charge in [-0.2, -0.15) is 4.31 Å². The second-order valence-corrected chi connectivity index (χ2v) is 6.45. The van der Waals surface area contributed by atoms with Crippen molar-refractivity contribution in [3.63, 3.8) is 0 Å².